The number of aromatic nitrogens is 5. The highest BCUT2D eigenvalue weighted by Crippen LogP contribution is 2.32. The van der Waals surface area contributed by atoms with E-state index in [2.05, 4.69) is 43.1 Å². The lowest BCUT2D eigenvalue weighted by Gasteiger charge is -2.35. The third-order valence-corrected chi connectivity index (χ3v) is 10.9. The Labute approximate surface area is 318 Å². The number of fused-ring (bicyclic) bond motifs is 2. The third-order valence-electron chi connectivity index (χ3n) is 10.9. The molecule has 286 valence electrons. The van der Waals surface area contributed by atoms with Crippen LogP contribution in [0.2, 0.25) is 0 Å². The predicted molar refractivity (Wildman–Crippen MR) is 205 cm³/mol. The molecule has 1 unspecified atom stereocenters. The summed E-state index contributed by atoms with van der Waals surface area (Å²) in [5.41, 5.74) is 5.21. The molecule has 3 N–H and O–H groups in total. The molecule has 3 saturated heterocycles. The van der Waals surface area contributed by atoms with E-state index in [1.807, 2.05) is 47.5 Å². The number of imidazole rings is 1. The van der Waals surface area contributed by atoms with Crippen LogP contribution < -0.4 is 20.7 Å². The summed E-state index contributed by atoms with van der Waals surface area (Å²) in [7, 11) is 0. The molecule has 15 nitrogen and oxygen atoms in total. The second-order valence-corrected chi connectivity index (χ2v) is 15.0. The maximum atomic E-state index is 13.6. The van der Waals surface area contributed by atoms with Crippen molar-refractivity contribution in [3.8, 4) is 5.75 Å². The summed E-state index contributed by atoms with van der Waals surface area (Å²) in [6, 6.07) is 11.4. The molecule has 0 spiro atoms. The molecule has 5 aromatic rings. The van der Waals surface area contributed by atoms with Crippen molar-refractivity contribution in [2.24, 2.45) is 0 Å². The van der Waals surface area contributed by atoms with Crippen molar-refractivity contribution in [1.82, 2.24) is 39.1 Å². The van der Waals surface area contributed by atoms with Gasteiger partial charge in [0, 0.05) is 62.0 Å². The van der Waals surface area contributed by atoms with Gasteiger partial charge in [-0.25, -0.2) is 14.5 Å². The van der Waals surface area contributed by atoms with Crippen LogP contribution in [0.25, 0.3) is 11.3 Å². The third kappa shape index (κ3) is 8.02. The number of ether oxygens (including phenoxy) is 1. The van der Waals surface area contributed by atoms with Crippen LogP contribution in [-0.2, 0) is 14.4 Å². The second kappa shape index (κ2) is 15.5. The van der Waals surface area contributed by atoms with Crippen LogP contribution in [0, 0.1) is 0 Å². The molecule has 15 heteroatoms. The number of carbonyl (C=O) groups excluding carboxylic acids is 4. The monoisotopic (exact) mass is 746 g/mol. The molecule has 3 aliphatic heterocycles. The van der Waals surface area contributed by atoms with Gasteiger partial charge in [0.15, 0.2) is 5.65 Å². The summed E-state index contributed by atoms with van der Waals surface area (Å²) in [5, 5.41) is 12.8. The molecule has 7 heterocycles. The molecule has 0 aliphatic carbocycles. The topological polar surface area (TPSA) is 168 Å². The van der Waals surface area contributed by atoms with E-state index < -0.39 is 6.04 Å². The van der Waals surface area contributed by atoms with Crippen molar-refractivity contribution >= 4 is 46.3 Å². The minimum Gasteiger partial charge on any atom is -0.490 e. The lowest BCUT2D eigenvalue weighted by molar-refractivity contribution is -0.134. The zero-order valence-corrected chi connectivity index (χ0v) is 31.1. The van der Waals surface area contributed by atoms with Gasteiger partial charge < -0.3 is 24.7 Å². The number of imide groups is 1. The summed E-state index contributed by atoms with van der Waals surface area (Å²) < 4.78 is 9.57. The number of pyridine rings is 1. The Balaban J connectivity index is 0.834. The number of likely N-dealkylation sites (tertiary alicyclic amines) is 2. The number of piperidine rings is 3. The summed E-state index contributed by atoms with van der Waals surface area (Å²) >= 11 is 0. The molecular formula is C40H46N10O5. The molecule has 0 bridgehead atoms. The maximum Gasteiger partial charge on any atom is 0.261 e. The molecule has 0 saturated carbocycles. The highest BCUT2D eigenvalue weighted by Gasteiger charge is 2.30. The van der Waals surface area contributed by atoms with E-state index in [9.17, 15) is 19.2 Å². The van der Waals surface area contributed by atoms with Gasteiger partial charge in [-0.05, 0) is 88.7 Å². The molecule has 55 heavy (non-hydrogen) atoms. The largest absolute Gasteiger partial charge is 0.490 e. The maximum absolute atomic E-state index is 13.6. The highest BCUT2D eigenvalue weighted by molar-refractivity contribution is 6.07. The van der Waals surface area contributed by atoms with Gasteiger partial charge in [-0.3, -0.25) is 29.4 Å². The summed E-state index contributed by atoms with van der Waals surface area (Å²) in [6.45, 7) is 7.34. The Kier molecular flexibility index (Phi) is 10.2. The van der Waals surface area contributed by atoms with Gasteiger partial charge in [-0.2, -0.15) is 5.10 Å². The number of benzene rings is 1. The second-order valence-electron chi connectivity index (χ2n) is 15.0. The molecule has 4 aromatic heterocycles. The first-order valence-electron chi connectivity index (χ1n) is 19.2. The van der Waals surface area contributed by atoms with Crippen LogP contribution in [0.1, 0.15) is 85.8 Å². The van der Waals surface area contributed by atoms with E-state index in [1.165, 1.54) is 5.56 Å². The van der Waals surface area contributed by atoms with Crippen molar-refractivity contribution in [1.29, 1.82) is 0 Å². The van der Waals surface area contributed by atoms with Gasteiger partial charge in [0.05, 0.1) is 30.1 Å². The summed E-state index contributed by atoms with van der Waals surface area (Å²) in [4.78, 5) is 64.0. The molecule has 4 amide bonds. The van der Waals surface area contributed by atoms with Crippen LogP contribution >= 0.6 is 0 Å². The number of hydrogen-bond donors (Lipinski definition) is 3. The number of nitrogens with zero attached hydrogens (tertiary/aromatic N) is 7. The van der Waals surface area contributed by atoms with Crippen molar-refractivity contribution in [3.63, 3.8) is 0 Å². The normalized spacial score (nSPS) is 18.9. The van der Waals surface area contributed by atoms with Crippen LogP contribution in [-0.4, -0.2) is 102 Å². The van der Waals surface area contributed by atoms with Gasteiger partial charge >= 0.3 is 0 Å². The van der Waals surface area contributed by atoms with Gasteiger partial charge in [0.25, 0.3) is 5.91 Å². The molecule has 0 radical (unpaired) electrons. The Morgan fingerprint density at radius 3 is 2.49 bits per heavy atom. The lowest BCUT2D eigenvalue weighted by atomic mass is 9.89. The van der Waals surface area contributed by atoms with E-state index in [1.54, 1.807) is 35.4 Å². The predicted octanol–water partition coefficient (Wildman–Crippen LogP) is 4.22. The fraction of sp³-hybridized carbons (Fsp3) is 0.425. The minimum atomic E-state index is -0.405. The quantitative estimate of drug-likeness (QED) is 0.176. The average Bonchev–Trinajstić information content (AvgIpc) is 3.80. The number of nitrogens with one attached hydrogen (secondary N) is 3. The SMILES string of the molecule is CC(C)Oc1cc2nc(C3CCN(CC(=O)N4CCC(c5ccc(NC6CCC(=O)NC6=O)cc5)CC4)CC3)cn2cc1C(=O)Nc1cnn2cccnc12. The Bertz CT molecular complexity index is 2210. The number of amides is 4. The zero-order chi connectivity index (χ0) is 38.1. The van der Waals surface area contributed by atoms with E-state index in [-0.39, 0.29) is 35.7 Å². The van der Waals surface area contributed by atoms with Crippen LogP contribution in [0.3, 0.4) is 0 Å². The van der Waals surface area contributed by atoms with Crippen LogP contribution in [0.4, 0.5) is 11.4 Å². The van der Waals surface area contributed by atoms with E-state index >= 15 is 0 Å². The summed E-state index contributed by atoms with van der Waals surface area (Å²) in [6.07, 6.45) is 13.1. The van der Waals surface area contributed by atoms with Gasteiger partial charge in [-0.15, -0.1) is 0 Å². The average molecular weight is 747 g/mol. The standard InChI is InChI=1S/C40H46N10O5/c1-25(2)55-34-20-35-44-33(23-49(35)22-30(34)39(53)45-32-21-42-50-15-3-14-41-38(32)50)28-10-16-47(17-11-28)24-37(52)48-18-12-27(13-19-48)26-4-6-29(7-5-26)43-31-8-9-36(51)46-40(31)54/h3-7,14-15,20-23,25,27-28,31,43H,8-13,16-19,24H2,1-2H3,(H,45,53)(H,46,51,54). The molecule has 8 rings (SSSR count). The highest BCUT2D eigenvalue weighted by atomic mass is 16.5. The first-order valence-corrected chi connectivity index (χ1v) is 19.2. The first-order chi connectivity index (χ1) is 26.7. The Morgan fingerprint density at radius 2 is 1.75 bits per heavy atom. The van der Waals surface area contributed by atoms with Crippen molar-refractivity contribution in [2.75, 3.05) is 43.4 Å². The Morgan fingerprint density at radius 1 is 0.982 bits per heavy atom. The lowest BCUT2D eigenvalue weighted by Crippen LogP contribution is -2.47. The first kappa shape index (κ1) is 36.2. The number of rotatable bonds is 10. The van der Waals surface area contributed by atoms with E-state index in [0.29, 0.717) is 53.6 Å². The van der Waals surface area contributed by atoms with Gasteiger partial charge in [-0.1, -0.05) is 12.1 Å². The van der Waals surface area contributed by atoms with Crippen molar-refractivity contribution in [3.05, 3.63) is 84.2 Å². The molecule has 3 aliphatic rings. The Hall–Kier alpha value is -5.83. The molecule has 1 atom stereocenters. The number of anilines is 2. The van der Waals surface area contributed by atoms with Crippen LogP contribution in [0.5, 0.6) is 5.75 Å². The number of carbonyl (C=O) groups is 4. The van der Waals surface area contributed by atoms with Crippen LogP contribution in [0.15, 0.2) is 67.4 Å². The minimum absolute atomic E-state index is 0.143. The number of hydrogen-bond acceptors (Lipinski definition) is 10. The molecule has 3 fully saturated rings. The fourth-order valence-corrected chi connectivity index (χ4v) is 7.88. The smallest absolute Gasteiger partial charge is 0.261 e. The molecular weight excluding hydrogens is 701 g/mol. The van der Waals surface area contributed by atoms with Crippen molar-refractivity contribution in [2.45, 2.75) is 76.4 Å². The van der Waals surface area contributed by atoms with Gasteiger partial charge in [0.2, 0.25) is 17.7 Å². The van der Waals surface area contributed by atoms with Crippen molar-refractivity contribution < 1.29 is 23.9 Å². The fourth-order valence-electron chi connectivity index (χ4n) is 7.88. The van der Waals surface area contributed by atoms with E-state index in [0.717, 1.165) is 63.2 Å². The molecule has 1 aromatic carbocycles. The zero-order valence-electron chi connectivity index (χ0n) is 31.1. The summed E-state index contributed by atoms with van der Waals surface area (Å²) in [5.74, 6) is 0.420. The van der Waals surface area contributed by atoms with Gasteiger partial charge in [0.1, 0.15) is 23.1 Å². The van der Waals surface area contributed by atoms with E-state index in [4.69, 9.17) is 9.72 Å².